The predicted molar refractivity (Wildman–Crippen MR) is 102 cm³/mol. The van der Waals surface area contributed by atoms with Gasteiger partial charge in [0.2, 0.25) is 0 Å². The van der Waals surface area contributed by atoms with E-state index in [2.05, 4.69) is 37.5 Å². The van der Waals surface area contributed by atoms with E-state index in [4.69, 9.17) is 14.2 Å². The minimum Gasteiger partial charge on any atom is -0.380 e. The average molecular weight is 357 g/mol. The van der Waals surface area contributed by atoms with Gasteiger partial charge in [-0.15, -0.1) is 0 Å². The highest BCUT2D eigenvalue weighted by Gasteiger charge is 2.31. The average Bonchev–Trinajstić information content (AvgIpc) is 2.52. The van der Waals surface area contributed by atoms with Crippen molar-refractivity contribution in [3.63, 3.8) is 0 Å². The largest absolute Gasteiger partial charge is 0.380 e. The minimum absolute atomic E-state index is 0.368. The maximum absolute atomic E-state index is 6.01. The monoisotopic (exact) mass is 356 g/mol. The van der Waals surface area contributed by atoms with E-state index >= 15 is 0 Å². The van der Waals surface area contributed by atoms with Gasteiger partial charge < -0.3 is 14.2 Å². The normalized spacial score (nSPS) is 25.9. The first-order chi connectivity index (χ1) is 12.0. The molecule has 1 heterocycles. The summed E-state index contributed by atoms with van der Waals surface area (Å²) < 4.78 is 17.4. The van der Waals surface area contributed by atoms with Gasteiger partial charge in [0, 0.05) is 52.5 Å². The van der Waals surface area contributed by atoms with Crippen molar-refractivity contribution >= 4 is 0 Å². The van der Waals surface area contributed by atoms with Crippen molar-refractivity contribution in [2.45, 2.75) is 59.2 Å². The lowest BCUT2D eigenvalue weighted by Gasteiger charge is -2.37. The van der Waals surface area contributed by atoms with E-state index < -0.39 is 0 Å². The molecule has 0 atom stereocenters. The van der Waals surface area contributed by atoms with Gasteiger partial charge in [0.1, 0.15) is 0 Å². The lowest BCUT2D eigenvalue weighted by Crippen LogP contribution is -2.48. The van der Waals surface area contributed by atoms with Crippen molar-refractivity contribution < 1.29 is 14.2 Å². The molecular formula is C20H40N2O3. The molecule has 1 saturated heterocycles. The molecule has 0 aromatic carbocycles. The van der Waals surface area contributed by atoms with Crippen molar-refractivity contribution in [3.8, 4) is 0 Å². The van der Waals surface area contributed by atoms with Crippen LogP contribution in [0.1, 0.15) is 47.0 Å². The Bertz CT molecular complexity index is 345. The zero-order chi connectivity index (χ0) is 18.1. The smallest absolute Gasteiger partial charge is 0.0625 e. The first kappa shape index (κ1) is 21.1. The zero-order valence-corrected chi connectivity index (χ0v) is 17.0. The number of ether oxygens (including phenoxy) is 3. The van der Waals surface area contributed by atoms with Crippen LogP contribution in [-0.4, -0.2) is 87.7 Å². The summed E-state index contributed by atoms with van der Waals surface area (Å²) in [6.07, 6.45) is 4.14. The fraction of sp³-hybridized carbons (Fsp3) is 1.00. The van der Waals surface area contributed by atoms with Crippen LogP contribution in [0.25, 0.3) is 0 Å². The fourth-order valence-electron chi connectivity index (χ4n) is 3.24. The lowest BCUT2D eigenvalue weighted by atomic mass is 9.91. The third kappa shape index (κ3) is 8.83. The highest BCUT2D eigenvalue weighted by molar-refractivity contribution is 4.81. The topological polar surface area (TPSA) is 34.2 Å². The Balaban J connectivity index is 1.42. The van der Waals surface area contributed by atoms with Crippen molar-refractivity contribution in [1.82, 2.24) is 9.80 Å². The highest BCUT2D eigenvalue weighted by Crippen LogP contribution is 2.27. The maximum Gasteiger partial charge on any atom is 0.0625 e. The maximum atomic E-state index is 6.01. The molecule has 0 unspecified atom stereocenters. The summed E-state index contributed by atoms with van der Waals surface area (Å²) in [5.74, 6) is 0. The Morgan fingerprint density at radius 2 is 1.32 bits per heavy atom. The minimum atomic E-state index is 0.368. The summed E-state index contributed by atoms with van der Waals surface area (Å²) in [7, 11) is 0. The number of hydrogen-bond acceptors (Lipinski definition) is 5. The van der Waals surface area contributed by atoms with Crippen LogP contribution in [0.15, 0.2) is 0 Å². The van der Waals surface area contributed by atoms with E-state index in [9.17, 15) is 0 Å². The van der Waals surface area contributed by atoms with Crippen LogP contribution in [-0.2, 0) is 14.2 Å². The summed E-state index contributed by atoms with van der Waals surface area (Å²) >= 11 is 0. The molecule has 2 rings (SSSR count). The molecule has 1 aliphatic heterocycles. The number of piperazine rings is 1. The van der Waals surface area contributed by atoms with Gasteiger partial charge in [0.05, 0.1) is 25.4 Å². The molecule has 2 fully saturated rings. The van der Waals surface area contributed by atoms with Gasteiger partial charge in [-0.3, -0.25) is 9.80 Å². The first-order valence-electron chi connectivity index (χ1n) is 10.2. The molecular weight excluding hydrogens is 316 g/mol. The van der Waals surface area contributed by atoms with E-state index in [1.54, 1.807) is 0 Å². The fourth-order valence-corrected chi connectivity index (χ4v) is 3.24. The molecule has 148 valence electrons. The van der Waals surface area contributed by atoms with E-state index in [1.165, 1.54) is 0 Å². The molecule has 5 heteroatoms. The zero-order valence-electron chi connectivity index (χ0n) is 17.0. The number of nitrogens with zero attached hydrogens (tertiary/aromatic N) is 2. The van der Waals surface area contributed by atoms with Gasteiger partial charge in [0.25, 0.3) is 0 Å². The van der Waals surface area contributed by atoms with Crippen LogP contribution in [0.4, 0.5) is 0 Å². The first-order valence-corrected chi connectivity index (χ1v) is 10.2. The van der Waals surface area contributed by atoms with Gasteiger partial charge in [-0.2, -0.15) is 0 Å². The third-order valence-electron chi connectivity index (χ3n) is 5.24. The van der Waals surface area contributed by atoms with Gasteiger partial charge in [-0.25, -0.2) is 0 Å². The quantitative estimate of drug-likeness (QED) is 0.532. The van der Waals surface area contributed by atoms with Crippen LogP contribution >= 0.6 is 0 Å². The number of rotatable bonds is 11. The summed E-state index contributed by atoms with van der Waals surface area (Å²) in [5.41, 5.74) is 0.368. The van der Waals surface area contributed by atoms with Crippen molar-refractivity contribution in [3.05, 3.63) is 0 Å². The summed E-state index contributed by atoms with van der Waals surface area (Å²) in [6, 6.07) is 0. The van der Waals surface area contributed by atoms with Crippen LogP contribution in [0.2, 0.25) is 0 Å². The van der Waals surface area contributed by atoms with Crippen LogP contribution in [0.3, 0.4) is 0 Å². The summed E-state index contributed by atoms with van der Waals surface area (Å²) in [4.78, 5) is 5.02. The van der Waals surface area contributed by atoms with Crippen molar-refractivity contribution in [2.75, 3.05) is 65.7 Å². The predicted octanol–water partition coefficient (Wildman–Crippen LogP) is 2.64. The molecule has 0 spiro atoms. The van der Waals surface area contributed by atoms with Crippen molar-refractivity contribution in [2.24, 2.45) is 5.41 Å². The molecule has 25 heavy (non-hydrogen) atoms. The van der Waals surface area contributed by atoms with Gasteiger partial charge in [0.15, 0.2) is 0 Å². The second-order valence-electron chi connectivity index (χ2n) is 8.65. The molecule has 5 nitrogen and oxygen atoms in total. The highest BCUT2D eigenvalue weighted by atomic mass is 16.5. The summed E-state index contributed by atoms with van der Waals surface area (Å²) in [6.45, 7) is 19.0. The second-order valence-corrected chi connectivity index (χ2v) is 8.65. The van der Waals surface area contributed by atoms with Crippen LogP contribution in [0, 0.1) is 5.41 Å². The summed E-state index contributed by atoms with van der Waals surface area (Å²) in [5, 5.41) is 0. The number of hydrogen-bond donors (Lipinski definition) is 0. The van der Waals surface area contributed by atoms with E-state index in [1.807, 2.05) is 0 Å². The van der Waals surface area contributed by atoms with Gasteiger partial charge in [-0.05, 0) is 31.6 Å². The molecule has 1 saturated carbocycles. The molecule has 0 amide bonds. The van der Waals surface area contributed by atoms with Crippen molar-refractivity contribution in [1.29, 1.82) is 0 Å². The van der Waals surface area contributed by atoms with Crippen LogP contribution in [0.5, 0.6) is 0 Å². The standard InChI is InChI=1S/C20H40N2O3/c1-5-23-14-11-21-7-9-22(10-8-21)12-15-25-19-16-18(17-19)24-13-6-20(2,3)4/h18-19H,5-17H2,1-4H3/t18-,19-. The van der Waals surface area contributed by atoms with E-state index in [0.29, 0.717) is 17.6 Å². The Labute approximate surface area is 155 Å². The third-order valence-corrected chi connectivity index (χ3v) is 5.24. The Hall–Kier alpha value is -0.200. The van der Waals surface area contributed by atoms with E-state index in [0.717, 1.165) is 85.0 Å². The Morgan fingerprint density at radius 3 is 1.84 bits per heavy atom. The molecule has 0 aromatic heterocycles. The Kier molecular flexibility index (Phi) is 9.14. The Morgan fingerprint density at radius 1 is 0.800 bits per heavy atom. The van der Waals surface area contributed by atoms with E-state index in [-0.39, 0.29) is 0 Å². The second kappa shape index (κ2) is 10.8. The molecule has 2 aliphatic rings. The van der Waals surface area contributed by atoms with Gasteiger partial charge in [-0.1, -0.05) is 20.8 Å². The molecule has 0 radical (unpaired) electrons. The lowest BCUT2D eigenvalue weighted by molar-refractivity contribution is -0.107. The van der Waals surface area contributed by atoms with Gasteiger partial charge >= 0.3 is 0 Å². The molecule has 0 aromatic rings. The molecule has 0 N–H and O–H groups in total. The molecule has 0 bridgehead atoms. The molecule has 1 aliphatic carbocycles. The van der Waals surface area contributed by atoms with Crippen LogP contribution < -0.4 is 0 Å². The SMILES string of the molecule is CCOCCN1CCN(CCO[C@H]2C[C@H](OCCC(C)(C)C)C2)CC1.